The van der Waals surface area contributed by atoms with E-state index < -0.39 is 11.8 Å². The molecule has 8 heteroatoms. The molecule has 4 rings (SSSR count). The highest BCUT2D eigenvalue weighted by Crippen LogP contribution is 2.24. The summed E-state index contributed by atoms with van der Waals surface area (Å²) in [7, 11) is 1.75. The van der Waals surface area contributed by atoms with E-state index in [0.717, 1.165) is 10.0 Å². The Morgan fingerprint density at radius 2 is 1.83 bits per heavy atom. The molecular formula is C21H16BrN5O2. The molecule has 0 atom stereocenters. The van der Waals surface area contributed by atoms with Gasteiger partial charge in [-0.1, -0.05) is 18.2 Å². The van der Waals surface area contributed by atoms with Crippen LogP contribution in [0.5, 0.6) is 0 Å². The number of pyridine rings is 2. The van der Waals surface area contributed by atoms with E-state index in [1.54, 1.807) is 42.3 Å². The van der Waals surface area contributed by atoms with E-state index in [0.29, 0.717) is 27.9 Å². The molecule has 0 aliphatic heterocycles. The topological polar surface area (TPSA) is 88.9 Å². The molecule has 29 heavy (non-hydrogen) atoms. The van der Waals surface area contributed by atoms with Crippen LogP contribution >= 0.6 is 15.9 Å². The van der Waals surface area contributed by atoms with Crippen molar-refractivity contribution in [2.75, 3.05) is 0 Å². The molecule has 0 saturated heterocycles. The van der Waals surface area contributed by atoms with Gasteiger partial charge in [0.25, 0.3) is 11.8 Å². The molecule has 0 aliphatic carbocycles. The standard InChI is InChI=1S/C21H16BrN5O2/c1-27-12-14(22)9-19(27)21(29)26-25-20(28)16-10-18(13-5-4-8-23-11-13)24-17-7-3-2-6-15(16)17/h2-12H,1H3,(H,25,28)(H,26,29). The number of carbonyl (C=O) groups is 2. The first-order valence-corrected chi connectivity index (χ1v) is 9.55. The predicted molar refractivity (Wildman–Crippen MR) is 113 cm³/mol. The number of fused-ring (bicyclic) bond motifs is 1. The monoisotopic (exact) mass is 449 g/mol. The molecule has 0 saturated carbocycles. The molecule has 3 heterocycles. The Kier molecular flexibility index (Phi) is 5.09. The molecule has 0 unspecified atom stereocenters. The maximum atomic E-state index is 12.9. The summed E-state index contributed by atoms with van der Waals surface area (Å²) < 4.78 is 2.44. The Balaban J connectivity index is 1.64. The van der Waals surface area contributed by atoms with Crippen molar-refractivity contribution in [1.82, 2.24) is 25.4 Å². The Morgan fingerprint density at radius 1 is 1.03 bits per heavy atom. The van der Waals surface area contributed by atoms with E-state index in [4.69, 9.17) is 0 Å². The van der Waals surface area contributed by atoms with Crippen molar-refractivity contribution in [1.29, 1.82) is 0 Å². The lowest BCUT2D eigenvalue weighted by Crippen LogP contribution is -2.42. The normalized spacial score (nSPS) is 10.7. The second-order valence-corrected chi connectivity index (χ2v) is 7.29. The number of hydrogen-bond donors (Lipinski definition) is 2. The molecule has 7 nitrogen and oxygen atoms in total. The van der Waals surface area contributed by atoms with Crippen LogP contribution in [0.4, 0.5) is 0 Å². The summed E-state index contributed by atoms with van der Waals surface area (Å²) in [6.45, 7) is 0. The Bertz CT molecular complexity index is 1220. The third-order valence-corrected chi connectivity index (χ3v) is 4.85. The van der Waals surface area contributed by atoms with E-state index in [9.17, 15) is 9.59 Å². The molecule has 0 bridgehead atoms. The lowest BCUT2D eigenvalue weighted by Gasteiger charge is -2.11. The van der Waals surface area contributed by atoms with Crippen LogP contribution in [0.25, 0.3) is 22.2 Å². The lowest BCUT2D eigenvalue weighted by molar-refractivity contribution is 0.0843. The van der Waals surface area contributed by atoms with Gasteiger partial charge in [-0.3, -0.25) is 25.4 Å². The van der Waals surface area contributed by atoms with Gasteiger partial charge in [-0.25, -0.2) is 4.98 Å². The first-order valence-electron chi connectivity index (χ1n) is 8.75. The van der Waals surface area contributed by atoms with Crippen LogP contribution in [0.3, 0.4) is 0 Å². The van der Waals surface area contributed by atoms with Gasteiger partial charge in [0.15, 0.2) is 0 Å². The molecular weight excluding hydrogens is 434 g/mol. The number of nitrogens with zero attached hydrogens (tertiary/aromatic N) is 3. The quantitative estimate of drug-likeness (QED) is 0.468. The first kappa shape index (κ1) is 18.8. The number of hydrogen-bond acceptors (Lipinski definition) is 4. The highest BCUT2D eigenvalue weighted by Gasteiger charge is 2.16. The fourth-order valence-corrected chi connectivity index (χ4v) is 3.54. The highest BCUT2D eigenvalue weighted by atomic mass is 79.9. The summed E-state index contributed by atoms with van der Waals surface area (Å²) in [6.07, 6.45) is 5.12. The minimum atomic E-state index is -0.435. The molecule has 0 aliphatic rings. The number of para-hydroxylation sites is 1. The molecule has 2 amide bonds. The third kappa shape index (κ3) is 3.88. The van der Waals surface area contributed by atoms with Gasteiger partial charge in [-0.2, -0.15) is 0 Å². The number of aromatic nitrogens is 3. The van der Waals surface area contributed by atoms with E-state index in [-0.39, 0.29) is 0 Å². The summed E-state index contributed by atoms with van der Waals surface area (Å²) in [5.41, 5.74) is 7.87. The highest BCUT2D eigenvalue weighted by molar-refractivity contribution is 9.10. The average molecular weight is 450 g/mol. The van der Waals surface area contributed by atoms with Gasteiger partial charge in [0.05, 0.1) is 16.8 Å². The van der Waals surface area contributed by atoms with Gasteiger partial charge in [-0.15, -0.1) is 0 Å². The van der Waals surface area contributed by atoms with Gasteiger partial charge in [0, 0.05) is 41.1 Å². The van der Waals surface area contributed by atoms with Crippen LogP contribution < -0.4 is 10.9 Å². The Morgan fingerprint density at radius 3 is 2.55 bits per heavy atom. The molecule has 2 N–H and O–H groups in total. The van der Waals surface area contributed by atoms with E-state index in [1.165, 1.54) is 0 Å². The summed E-state index contributed by atoms with van der Waals surface area (Å²) in [5.74, 6) is -0.854. The van der Waals surface area contributed by atoms with Crippen LogP contribution in [0.1, 0.15) is 20.8 Å². The number of benzene rings is 1. The molecule has 0 spiro atoms. The first-order chi connectivity index (χ1) is 14.0. The number of carbonyl (C=O) groups excluding carboxylic acids is 2. The van der Waals surface area contributed by atoms with Gasteiger partial charge in [0.2, 0.25) is 0 Å². The van der Waals surface area contributed by atoms with Crippen molar-refractivity contribution in [3.05, 3.63) is 82.9 Å². The van der Waals surface area contributed by atoms with Crippen molar-refractivity contribution in [3.8, 4) is 11.3 Å². The number of amides is 2. The number of halogens is 1. The second-order valence-electron chi connectivity index (χ2n) is 6.38. The van der Waals surface area contributed by atoms with Gasteiger partial charge >= 0.3 is 0 Å². The van der Waals surface area contributed by atoms with Gasteiger partial charge in [-0.05, 0) is 46.3 Å². The molecule has 3 aromatic heterocycles. The number of nitrogens with one attached hydrogen (secondary N) is 2. The summed E-state index contributed by atoms with van der Waals surface area (Å²) >= 11 is 3.33. The van der Waals surface area contributed by atoms with E-state index in [1.807, 2.05) is 36.4 Å². The zero-order valence-corrected chi connectivity index (χ0v) is 17.0. The van der Waals surface area contributed by atoms with Crippen molar-refractivity contribution >= 4 is 38.6 Å². The minimum Gasteiger partial charge on any atom is -0.345 e. The average Bonchev–Trinajstić information content (AvgIpc) is 3.09. The van der Waals surface area contributed by atoms with Crippen LogP contribution in [-0.4, -0.2) is 26.3 Å². The molecule has 0 radical (unpaired) electrons. The SMILES string of the molecule is Cn1cc(Br)cc1C(=O)NNC(=O)c1cc(-c2cccnc2)nc2ccccc12. The van der Waals surface area contributed by atoms with Gasteiger partial charge < -0.3 is 4.57 Å². The largest absolute Gasteiger partial charge is 0.345 e. The van der Waals surface area contributed by atoms with Gasteiger partial charge in [0.1, 0.15) is 5.69 Å². The smallest absolute Gasteiger partial charge is 0.286 e. The fraction of sp³-hybridized carbons (Fsp3) is 0.0476. The van der Waals surface area contributed by atoms with Crippen molar-refractivity contribution in [3.63, 3.8) is 0 Å². The van der Waals surface area contributed by atoms with Crippen LogP contribution in [-0.2, 0) is 7.05 Å². The summed E-state index contributed by atoms with van der Waals surface area (Å²) in [4.78, 5) is 34.0. The third-order valence-electron chi connectivity index (χ3n) is 4.41. The molecule has 0 fully saturated rings. The molecule has 4 aromatic rings. The van der Waals surface area contributed by atoms with E-state index >= 15 is 0 Å². The van der Waals surface area contributed by atoms with Crippen molar-refractivity contribution < 1.29 is 9.59 Å². The van der Waals surface area contributed by atoms with Crippen molar-refractivity contribution in [2.45, 2.75) is 0 Å². The summed E-state index contributed by atoms with van der Waals surface area (Å²) in [5, 5.41) is 0.688. The maximum Gasteiger partial charge on any atom is 0.286 e. The van der Waals surface area contributed by atoms with E-state index in [2.05, 4.69) is 36.7 Å². The lowest BCUT2D eigenvalue weighted by atomic mass is 10.0. The Labute approximate surface area is 174 Å². The minimum absolute atomic E-state index is 0.405. The fourth-order valence-electron chi connectivity index (χ4n) is 3.02. The number of aryl methyl sites for hydroxylation is 1. The number of hydrazine groups is 1. The molecule has 1 aromatic carbocycles. The van der Waals surface area contributed by atoms with Crippen LogP contribution in [0.15, 0.2) is 71.6 Å². The van der Waals surface area contributed by atoms with Crippen LogP contribution in [0.2, 0.25) is 0 Å². The Hall–Kier alpha value is -3.52. The zero-order chi connectivity index (χ0) is 20.4. The zero-order valence-electron chi connectivity index (χ0n) is 15.4. The summed E-state index contributed by atoms with van der Waals surface area (Å²) in [6, 6.07) is 14.4. The molecule has 144 valence electrons. The predicted octanol–water partition coefficient (Wildman–Crippen LogP) is 3.47. The van der Waals surface area contributed by atoms with Crippen molar-refractivity contribution in [2.24, 2.45) is 7.05 Å². The second kappa shape index (κ2) is 7.84. The maximum absolute atomic E-state index is 12.9. The van der Waals surface area contributed by atoms with Crippen LogP contribution in [0, 0.1) is 0 Å². The number of rotatable bonds is 3.